The molecule has 0 saturated heterocycles. The zero-order valence-electron chi connectivity index (χ0n) is 11.1. The highest BCUT2D eigenvalue weighted by atomic mass is 32.2. The van der Waals surface area contributed by atoms with E-state index in [2.05, 4.69) is 4.72 Å². The highest BCUT2D eigenvalue weighted by Gasteiger charge is 2.20. The van der Waals surface area contributed by atoms with Gasteiger partial charge < -0.3 is 5.11 Å². The maximum absolute atomic E-state index is 13.8. The van der Waals surface area contributed by atoms with Crippen LogP contribution >= 0.6 is 0 Å². The molecule has 0 saturated carbocycles. The first-order valence-electron chi connectivity index (χ1n) is 6.02. The van der Waals surface area contributed by atoms with Gasteiger partial charge in [-0.15, -0.1) is 0 Å². The van der Waals surface area contributed by atoms with Crippen LogP contribution in [0.15, 0.2) is 41.3 Å². The highest BCUT2D eigenvalue weighted by Crippen LogP contribution is 2.22. The smallest absolute Gasteiger partial charge is 0.264 e. The molecule has 0 amide bonds. The Morgan fingerprint density at radius 3 is 2.43 bits per heavy atom. The molecule has 0 bridgehead atoms. The maximum atomic E-state index is 13.8. The number of nitrogens with one attached hydrogen (secondary N) is 1. The fourth-order valence-electron chi connectivity index (χ4n) is 1.80. The number of rotatable bonds is 4. The van der Waals surface area contributed by atoms with E-state index in [1.165, 1.54) is 25.1 Å². The van der Waals surface area contributed by atoms with Crippen molar-refractivity contribution >= 4 is 15.7 Å². The van der Waals surface area contributed by atoms with Gasteiger partial charge in [-0.2, -0.15) is 0 Å². The van der Waals surface area contributed by atoms with Crippen molar-refractivity contribution in [3.8, 4) is 0 Å². The summed E-state index contributed by atoms with van der Waals surface area (Å²) >= 11 is 0. The predicted molar refractivity (Wildman–Crippen MR) is 74.3 cm³/mol. The average Bonchev–Trinajstić information content (AvgIpc) is 2.41. The third kappa shape index (κ3) is 3.37. The van der Waals surface area contributed by atoms with Crippen LogP contribution in [-0.4, -0.2) is 13.5 Å². The number of hydrogen-bond acceptors (Lipinski definition) is 3. The molecule has 112 valence electrons. The van der Waals surface area contributed by atoms with Crippen molar-refractivity contribution in [1.29, 1.82) is 0 Å². The topological polar surface area (TPSA) is 66.4 Å². The van der Waals surface area contributed by atoms with E-state index in [1.54, 1.807) is 0 Å². The van der Waals surface area contributed by atoms with E-state index in [4.69, 9.17) is 5.11 Å². The van der Waals surface area contributed by atoms with Crippen LogP contribution in [-0.2, 0) is 16.6 Å². The predicted octanol–water partition coefficient (Wildman–Crippen LogP) is 2.57. The van der Waals surface area contributed by atoms with E-state index in [1.807, 2.05) is 0 Å². The van der Waals surface area contributed by atoms with Crippen LogP contribution in [0.2, 0.25) is 0 Å². The lowest BCUT2D eigenvalue weighted by atomic mass is 10.2. The molecular weight excluding hydrogens is 300 g/mol. The van der Waals surface area contributed by atoms with Gasteiger partial charge in [-0.3, -0.25) is 4.72 Å². The lowest BCUT2D eigenvalue weighted by Gasteiger charge is -2.11. The summed E-state index contributed by atoms with van der Waals surface area (Å²) in [6, 6.07) is 6.88. The second-order valence-corrected chi connectivity index (χ2v) is 6.14. The summed E-state index contributed by atoms with van der Waals surface area (Å²) in [5.74, 6) is -1.46. The Bertz CT molecular complexity index is 776. The van der Waals surface area contributed by atoms with E-state index >= 15 is 0 Å². The van der Waals surface area contributed by atoms with Crippen LogP contribution in [0, 0.1) is 18.6 Å². The third-order valence-corrected chi connectivity index (χ3v) is 4.30. The Hall–Kier alpha value is -1.99. The van der Waals surface area contributed by atoms with Crippen LogP contribution in [0.4, 0.5) is 14.5 Å². The highest BCUT2D eigenvalue weighted by molar-refractivity contribution is 7.92. The SMILES string of the molecule is Cc1cc(F)ccc1NS(=O)(=O)c1ccc(CO)cc1F. The van der Waals surface area contributed by atoms with E-state index < -0.39 is 26.6 Å². The summed E-state index contributed by atoms with van der Waals surface area (Å²) in [6.45, 7) is 1.15. The minimum Gasteiger partial charge on any atom is -0.392 e. The maximum Gasteiger partial charge on any atom is 0.264 e. The second kappa shape index (κ2) is 5.79. The molecule has 2 aromatic rings. The van der Waals surface area contributed by atoms with Crippen LogP contribution in [0.1, 0.15) is 11.1 Å². The number of aryl methyl sites for hydroxylation is 1. The van der Waals surface area contributed by atoms with Gasteiger partial charge in [0, 0.05) is 0 Å². The van der Waals surface area contributed by atoms with Crippen molar-refractivity contribution in [2.75, 3.05) is 4.72 Å². The summed E-state index contributed by atoms with van der Waals surface area (Å²) < 4.78 is 53.3. The quantitative estimate of drug-likeness (QED) is 0.911. The van der Waals surface area contributed by atoms with Gasteiger partial charge in [-0.05, 0) is 48.4 Å². The minimum absolute atomic E-state index is 0.169. The van der Waals surface area contributed by atoms with E-state index in [0.29, 0.717) is 5.56 Å². The minimum atomic E-state index is -4.13. The molecule has 0 aliphatic heterocycles. The van der Waals surface area contributed by atoms with E-state index in [-0.39, 0.29) is 17.9 Å². The second-order valence-electron chi connectivity index (χ2n) is 4.49. The standard InChI is InChI=1S/C14H13F2NO3S/c1-9-6-11(15)3-4-13(9)17-21(19,20)14-5-2-10(8-18)7-12(14)16/h2-7,17-18H,8H2,1H3. The molecule has 0 heterocycles. The number of anilines is 1. The normalized spacial score (nSPS) is 11.4. The first-order valence-corrected chi connectivity index (χ1v) is 7.50. The van der Waals surface area contributed by atoms with Crippen molar-refractivity contribution < 1.29 is 22.3 Å². The average molecular weight is 313 g/mol. The van der Waals surface area contributed by atoms with Crippen molar-refractivity contribution in [2.24, 2.45) is 0 Å². The summed E-state index contributed by atoms with van der Waals surface area (Å²) in [6.07, 6.45) is 0. The van der Waals surface area contributed by atoms with Crippen LogP contribution in [0.3, 0.4) is 0 Å². The van der Waals surface area contributed by atoms with Gasteiger partial charge in [0.2, 0.25) is 0 Å². The number of halogens is 2. The van der Waals surface area contributed by atoms with Crippen molar-refractivity contribution in [3.63, 3.8) is 0 Å². The Kier molecular flexibility index (Phi) is 4.24. The largest absolute Gasteiger partial charge is 0.392 e. The third-order valence-electron chi connectivity index (χ3n) is 2.90. The van der Waals surface area contributed by atoms with E-state index in [9.17, 15) is 17.2 Å². The fraction of sp³-hybridized carbons (Fsp3) is 0.143. The number of aliphatic hydroxyl groups is 1. The van der Waals surface area contributed by atoms with Gasteiger partial charge in [0.1, 0.15) is 16.5 Å². The summed E-state index contributed by atoms with van der Waals surface area (Å²) in [7, 11) is -4.13. The molecule has 2 aromatic carbocycles. The summed E-state index contributed by atoms with van der Waals surface area (Å²) in [5.41, 5.74) is 0.817. The molecule has 0 radical (unpaired) electrons. The molecule has 0 unspecified atom stereocenters. The van der Waals surface area contributed by atoms with Crippen LogP contribution < -0.4 is 4.72 Å². The van der Waals surface area contributed by atoms with Gasteiger partial charge in [0.15, 0.2) is 0 Å². The zero-order valence-corrected chi connectivity index (χ0v) is 11.9. The van der Waals surface area contributed by atoms with Gasteiger partial charge in [0.25, 0.3) is 10.0 Å². The molecule has 7 heteroatoms. The van der Waals surface area contributed by atoms with Crippen LogP contribution in [0.5, 0.6) is 0 Å². The molecule has 0 fully saturated rings. The molecule has 0 aliphatic carbocycles. The summed E-state index contributed by atoms with van der Waals surface area (Å²) in [4.78, 5) is -0.538. The molecule has 0 aliphatic rings. The molecule has 21 heavy (non-hydrogen) atoms. The number of hydrogen-bond donors (Lipinski definition) is 2. The molecule has 2 N–H and O–H groups in total. The first kappa shape index (κ1) is 15.4. The van der Waals surface area contributed by atoms with Crippen molar-refractivity contribution in [3.05, 3.63) is 59.2 Å². The van der Waals surface area contributed by atoms with Gasteiger partial charge >= 0.3 is 0 Å². The van der Waals surface area contributed by atoms with E-state index in [0.717, 1.165) is 18.2 Å². The lowest BCUT2D eigenvalue weighted by Crippen LogP contribution is -2.15. The van der Waals surface area contributed by atoms with Crippen LogP contribution in [0.25, 0.3) is 0 Å². The molecule has 0 spiro atoms. The Labute approximate surface area is 121 Å². The van der Waals surface area contributed by atoms with Gasteiger partial charge in [-0.1, -0.05) is 6.07 Å². The Balaban J connectivity index is 2.38. The first-order chi connectivity index (χ1) is 9.83. The monoisotopic (exact) mass is 313 g/mol. The zero-order chi connectivity index (χ0) is 15.6. The van der Waals surface area contributed by atoms with Crippen molar-refractivity contribution in [2.45, 2.75) is 18.4 Å². The summed E-state index contributed by atoms with van der Waals surface area (Å²) in [5, 5.41) is 8.89. The molecular formula is C14H13F2NO3S. The van der Waals surface area contributed by atoms with Gasteiger partial charge in [-0.25, -0.2) is 17.2 Å². The molecule has 2 rings (SSSR count). The Morgan fingerprint density at radius 1 is 1.14 bits per heavy atom. The number of sulfonamides is 1. The number of benzene rings is 2. The number of aliphatic hydroxyl groups excluding tert-OH is 1. The molecule has 0 atom stereocenters. The van der Waals surface area contributed by atoms with Gasteiger partial charge in [0.05, 0.1) is 12.3 Å². The molecule has 0 aromatic heterocycles. The van der Waals surface area contributed by atoms with Crippen molar-refractivity contribution in [1.82, 2.24) is 0 Å². The Morgan fingerprint density at radius 2 is 1.86 bits per heavy atom. The fourth-order valence-corrected chi connectivity index (χ4v) is 2.99. The molecule has 4 nitrogen and oxygen atoms in total. The lowest BCUT2D eigenvalue weighted by molar-refractivity contribution is 0.281.